The fraction of sp³-hybridized carbons (Fsp3) is 0.692. The Balaban J connectivity index is 3.24. The van der Waals surface area contributed by atoms with Crippen LogP contribution in [0.25, 0.3) is 0 Å². The molecule has 0 fully saturated rings. The third-order valence-corrected chi connectivity index (χ3v) is 2.97. The quantitative estimate of drug-likeness (QED) is 0.644. The summed E-state index contributed by atoms with van der Waals surface area (Å²) in [6, 6.07) is 0. The van der Waals surface area contributed by atoms with Crippen LogP contribution in [0.4, 0.5) is 11.6 Å². The summed E-state index contributed by atoms with van der Waals surface area (Å²) in [6.45, 7) is 9.09. The summed E-state index contributed by atoms with van der Waals surface area (Å²) in [5.41, 5.74) is 5.54. The van der Waals surface area contributed by atoms with Crippen LogP contribution in [0.5, 0.6) is 0 Å². The van der Waals surface area contributed by atoms with Crippen LogP contribution in [-0.4, -0.2) is 38.9 Å². The maximum Gasteiger partial charge on any atom is 0.138 e. The zero-order chi connectivity index (χ0) is 14.8. The van der Waals surface area contributed by atoms with E-state index in [1.807, 2.05) is 20.8 Å². The highest BCUT2D eigenvalue weighted by molar-refractivity contribution is 5.56. The van der Waals surface area contributed by atoms with Gasteiger partial charge in [-0.25, -0.2) is 9.97 Å². The molecule has 0 spiro atoms. The summed E-state index contributed by atoms with van der Waals surface area (Å²) in [5, 5.41) is 21.7. The molecule has 108 valence electrons. The highest BCUT2D eigenvalue weighted by Gasteiger charge is 2.26. The van der Waals surface area contributed by atoms with Crippen molar-refractivity contribution < 1.29 is 10.2 Å². The summed E-state index contributed by atoms with van der Waals surface area (Å²) in [5.74, 6) is 1.57. The maximum absolute atomic E-state index is 9.34. The van der Waals surface area contributed by atoms with Crippen LogP contribution in [0.2, 0.25) is 0 Å². The van der Waals surface area contributed by atoms with E-state index in [4.69, 9.17) is 5.73 Å². The number of hydrogen-bond acceptors (Lipinski definition) is 6. The lowest BCUT2D eigenvalue weighted by Crippen LogP contribution is -2.43. The monoisotopic (exact) mass is 268 g/mol. The molecule has 0 saturated carbocycles. The van der Waals surface area contributed by atoms with Crippen molar-refractivity contribution in [2.45, 2.75) is 45.6 Å². The number of aromatic nitrogens is 2. The highest BCUT2D eigenvalue weighted by Crippen LogP contribution is 2.26. The maximum atomic E-state index is 9.34. The van der Waals surface area contributed by atoms with Gasteiger partial charge in [0, 0.05) is 11.0 Å². The molecule has 0 aromatic carbocycles. The molecule has 0 atom stereocenters. The number of nitrogens with one attached hydrogen (secondary N) is 1. The molecule has 5 N–H and O–H groups in total. The molecule has 19 heavy (non-hydrogen) atoms. The molecule has 0 saturated heterocycles. The normalized spacial score (nSPS) is 12.6. The molecule has 0 aliphatic rings. The van der Waals surface area contributed by atoms with Gasteiger partial charge in [-0.1, -0.05) is 20.8 Å². The number of nitrogen functional groups attached to an aromatic ring is 1. The lowest BCUT2D eigenvalue weighted by molar-refractivity contribution is 0.147. The minimum atomic E-state index is -0.847. The molecule has 1 aromatic heterocycles. The second kappa shape index (κ2) is 5.30. The van der Waals surface area contributed by atoms with Gasteiger partial charge < -0.3 is 21.3 Å². The highest BCUT2D eigenvalue weighted by atomic mass is 16.3. The summed E-state index contributed by atoms with van der Waals surface area (Å²) in [4.78, 5) is 8.75. The minimum Gasteiger partial charge on any atom is -0.394 e. The van der Waals surface area contributed by atoms with E-state index in [2.05, 4.69) is 15.3 Å². The number of nitrogens with zero attached hydrogens (tertiary/aromatic N) is 2. The number of nitrogens with two attached hydrogens (primary N) is 1. The van der Waals surface area contributed by atoms with Gasteiger partial charge in [0.25, 0.3) is 0 Å². The van der Waals surface area contributed by atoms with Gasteiger partial charge in [0.2, 0.25) is 0 Å². The van der Waals surface area contributed by atoms with E-state index < -0.39 is 5.54 Å². The molecule has 0 bridgehead atoms. The molecule has 1 aromatic rings. The average Bonchev–Trinajstić information content (AvgIpc) is 2.33. The molecule has 0 radical (unpaired) electrons. The molecule has 1 heterocycles. The van der Waals surface area contributed by atoms with E-state index in [0.717, 1.165) is 0 Å². The Morgan fingerprint density at radius 2 is 1.63 bits per heavy atom. The Morgan fingerprint density at radius 1 is 1.11 bits per heavy atom. The molecule has 1 rings (SSSR count). The van der Waals surface area contributed by atoms with Gasteiger partial charge in [-0.2, -0.15) is 0 Å². The average molecular weight is 268 g/mol. The molecule has 6 nitrogen and oxygen atoms in total. The van der Waals surface area contributed by atoms with E-state index in [1.165, 1.54) is 0 Å². The van der Waals surface area contributed by atoms with Crippen LogP contribution in [0.3, 0.4) is 0 Å². The van der Waals surface area contributed by atoms with E-state index in [-0.39, 0.29) is 18.6 Å². The van der Waals surface area contributed by atoms with Gasteiger partial charge in [0.15, 0.2) is 0 Å². The van der Waals surface area contributed by atoms with Crippen molar-refractivity contribution in [1.29, 1.82) is 0 Å². The van der Waals surface area contributed by atoms with E-state index in [9.17, 15) is 10.2 Å². The summed E-state index contributed by atoms with van der Waals surface area (Å²) >= 11 is 0. The fourth-order valence-corrected chi connectivity index (χ4v) is 1.41. The predicted octanol–water partition coefficient (Wildman–Crippen LogP) is 0.820. The molecule has 0 aliphatic carbocycles. The van der Waals surface area contributed by atoms with Gasteiger partial charge in [-0.05, 0) is 13.8 Å². The first-order valence-electron chi connectivity index (χ1n) is 6.27. The lowest BCUT2D eigenvalue weighted by atomic mass is 9.95. The summed E-state index contributed by atoms with van der Waals surface area (Å²) < 4.78 is 0. The van der Waals surface area contributed by atoms with Crippen LogP contribution in [0, 0.1) is 6.92 Å². The Morgan fingerprint density at radius 3 is 2.05 bits per heavy atom. The fourth-order valence-electron chi connectivity index (χ4n) is 1.41. The second-order valence-corrected chi connectivity index (χ2v) is 6.16. The first kappa shape index (κ1) is 15.7. The SMILES string of the molecule is Cc1c(N)nc(C(C)(C)C)nc1NC(C)(CO)CO. The topological polar surface area (TPSA) is 104 Å². The zero-order valence-corrected chi connectivity index (χ0v) is 12.3. The molecule has 0 aliphatic heterocycles. The van der Waals surface area contributed by atoms with E-state index in [0.29, 0.717) is 23.0 Å². The van der Waals surface area contributed by atoms with Crippen LogP contribution in [-0.2, 0) is 5.41 Å². The van der Waals surface area contributed by atoms with Crippen molar-refractivity contribution in [3.8, 4) is 0 Å². The molecular formula is C13H24N4O2. The van der Waals surface area contributed by atoms with E-state index >= 15 is 0 Å². The third-order valence-electron chi connectivity index (χ3n) is 2.97. The van der Waals surface area contributed by atoms with Gasteiger partial charge in [0.05, 0.1) is 18.8 Å². The van der Waals surface area contributed by atoms with Crippen molar-refractivity contribution in [2.24, 2.45) is 0 Å². The van der Waals surface area contributed by atoms with Crippen molar-refractivity contribution in [1.82, 2.24) is 9.97 Å². The van der Waals surface area contributed by atoms with Gasteiger partial charge in [-0.15, -0.1) is 0 Å². The largest absolute Gasteiger partial charge is 0.394 e. The number of anilines is 2. The van der Waals surface area contributed by atoms with Crippen molar-refractivity contribution >= 4 is 11.6 Å². The van der Waals surface area contributed by atoms with Gasteiger partial charge in [0.1, 0.15) is 17.5 Å². The predicted molar refractivity (Wildman–Crippen MR) is 76.1 cm³/mol. The number of aliphatic hydroxyl groups is 2. The van der Waals surface area contributed by atoms with E-state index in [1.54, 1.807) is 13.8 Å². The van der Waals surface area contributed by atoms with Crippen molar-refractivity contribution in [3.05, 3.63) is 11.4 Å². The summed E-state index contributed by atoms with van der Waals surface area (Å²) in [6.07, 6.45) is 0. The van der Waals surface area contributed by atoms with Crippen molar-refractivity contribution in [3.63, 3.8) is 0 Å². The lowest BCUT2D eigenvalue weighted by Gasteiger charge is -2.29. The van der Waals surface area contributed by atoms with Gasteiger partial charge >= 0.3 is 0 Å². The van der Waals surface area contributed by atoms with Crippen LogP contribution >= 0.6 is 0 Å². The standard InChI is InChI=1S/C13H24N4O2/c1-8-9(14)15-11(12(2,3)4)16-10(8)17-13(5,6-18)7-19/h18-19H,6-7H2,1-5H3,(H3,14,15,16,17). The molecule has 0 unspecified atom stereocenters. The molecule has 0 amide bonds. The van der Waals surface area contributed by atoms with Crippen LogP contribution in [0.15, 0.2) is 0 Å². The first-order chi connectivity index (χ1) is 8.63. The minimum absolute atomic E-state index is 0.211. The summed E-state index contributed by atoms with van der Waals surface area (Å²) in [7, 11) is 0. The van der Waals surface area contributed by atoms with Crippen molar-refractivity contribution in [2.75, 3.05) is 24.3 Å². The zero-order valence-electron chi connectivity index (χ0n) is 12.3. The first-order valence-corrected chi connectivity index (χ1v) is 6.27. The third kappa shape index (κ3) is 3.54. The number of hydrogen-bond donors (Lipinski definition) is 4. The Kier molecular flexibility index (Phi) is 4.37. The molecule has 6 heteroatoms. The van der Waals surface area contributed by atoms with Crippen LogP contribution < -0.4 is 11.1 Å². The number of rotatable bonds is 4. The van der Waals surface area contributed by atoms with Gasteiger partial charge in [-0.3, -0.25) is 0 Å². The Bertz CT molecular complexity index is 451. The molecular weight excluding hydrogens is 244 g/mol. The second-order valence-electron chi connectivity index (χ2n) is 6.16. The van der Waals surface area contributed by atoms with Crippen LogP contribution in [0.1, 0.15) is 39.1 Å². The Labute approximate surface area is 114 Å². The number of aliphatic hydroxyl groups excluding tert-OH is 2. The smallest absolute Gasteiger partial charge is 0.138 e. The Hall–Kier alpha value is -1.40.